The molecule has 2 aliphatic rings. The van der Waals surface area contributed by atoms with Crippen molar-refractivity contribution in [1.29, 1.82) is 0 Å². The van der Waals surface area contributed by atoms with E-state index >= 15 is 0 Å². The van der Waals surface area contributed by atoms with Gasteiger partial charge in [0.05, 0.1) is 11.6 Å². The van der Waals surface area contributed by atoms with E-state index in [0.29, 0.717) is 13.2 Å². The van der Waals surface area contributed by atoms with Gasteiger partial charge in [0.2, 0.25) is 11.8 Å². The fourth-order valence-electron chi connectivity index (χ4n) is 5.25. The van der Waals surface area contributed by atoms with Crippen molar-refractivity contribution in [2.45, 2.75) is 69.7 Å². The van der Waals surface area contributed by atoms with Gasteiger partial charge in [0.1, 0.15) is 18.1 Å². The van der Waals surface area contributed by atoms with Crippen LogP contribution in [-0.4, -0.2) is 57.0 Å². The summed E-state index contributed by atoms with van der Waals surface area (Å²) in [5.74, 6) is -0.304. The molecule has 2 heterocycles. The summed E-state index contributed by atoms with van der Waals surface area (Å²) in [5.41, 5.74) is 2.33. The number of fused-ring (bicyclic) bond motifs is 1. The molecule has 35 heavy (non-hydrogen) atoms. The van der Waals surface area contributed by atoms with Gasteiger partial charge in [-0.3, -0.25) is 9.59 Å². The quantitative estimate of drug-likeness (QED) is 0.537. The Balaban J connectivity index is 1.45. The summed E-state index contributed by atoms with van der Waals surface area (Å²) < 4.78 is 7.51. The van der Waals surface area contributed by atoms with Gasteiger partial charge in [-0.2, -0.15) is 0 Å². The Labute approximate surface area is 205 Å². The van der Waals surface area contributed by atoms with E-state index in [-0.39, 0.29) is 30.5 Å². The van der Waals surface area contributed by atoms with E-state index in [9.17, 15) is 9.59 Å². The van der Waals surface area contributed by atoms with Gasteiger partial charge in [0.15, 0.2) is 0 Å². The van der Waals surface area contributed by atoms with E-state index in [1.807, 2.05) is 54.6 Å². The highest BCUT2D eigenvalue weighted by Crippen LogP contribution is 2.27. The maximum absolute atomic E-state index is 13.9. The van der Waals surface area contributed by atoms with Gasteiger partial charge in [-0.15, -0.1) is 5.10 Å². The molecular formula is C27H33N5O3. The topological polar surface area (TPSA) is 89.4 Å². The van der Waals surface area contributed by atoms with Gasteiger partial charge in [-0.05, 0) is 43.4 Å². The molecule has 1 saturated carbocycles. The summed E-state index contributed by atoms with van der Waals surface area (Å²) in [7, 11) is 0. The normalized spacial score (nSPS) is 19.5. The number of aromatic nitrogens is 3. The second kappa shape index (κ2) is 11.0. The van der Waals surface area contributed by atoms with Crippen molar-refractivity contribution < 1.29 is 14.3 Å². The smallest absolute Gasteiger partial charge is 0.247 e. The number of ether oxygens (including phenoxy) is 1. The summed E-state index contributed by atoms with van der Waals surface area (Å²) in [5, 5.41) is 11.7. The summed E-state index contributed by atoms with van der Waals surface area (Å²) in [6, 6.07) is 16.6. The lowest BCUT2D eigenvalue weighted by molar-refractivity contribution is -0.143. The predicted octanol–water partition coefficient (Wildman–Crippen LogP) is 3.63. The minimum atomic E-state index is -0.732. The first-order chi connectivity index (χ1) is 17.2. The predicted molar refractivity (Wildman–Crippen MR) is 132 cm³/mol. The van der Waals surface area contributed by atoms with E-state index in [1.54, 1.807) is 9.58 Å². The van der Waals surface area contributed by atoms with Gasteiger partial charge in [0, 0.05) is 19.2 Å². The van der Waals surface area contributed by atoms with Gasteiger partial charge in [-0.1, -0.05) is 66.9 Å². The van der Waals surface area contributed by atoms with Crippen molar-refractivity contribution in [2.75, 3.05) is 13.2 Å². The van der Waals surface area contributed by atoms with Crippen LogP contribution in [0.2, 0.25) is 0 Å². The number of hydrogen-bond acceptors (Lipinski definition) is 5. The second-order valence-corrected chi connectivity index (χ2v) is 9.57. The third-order valence-electron chi connectivity index (χ3n) is 7.08. The molecule has 2 atom stereocenters. The highest BCUT2D eigenvalue weighted by molar-refractivity contribution is 5.89. The minimum absolute atomic E-state index is 0.00722. The van der Waals surface area contributed by atoms with E-state index in [1.165, 1.54) is 6.42 Å². The fraction of sp³-hybridized carbons (Fsp3) is 0.481. The number of rotatable bonds is 8. The molecule has 1 aliphatic heterocycles. The molecule has 3 aromatic rings. The Morgan fingerprint density at radius 3 is 2.54 bits per heavy atom. The zero-order chi connectivity index (χ0) is 24.0. The lowest BCUT2D eigenvalue weighted by Gasteiger charge is -2.34. The molecule has 8 nitrogen and oxygen atoms in total. The number of benzene rings is 2. The maximum Gasteiger partial charge on any atom is 0.247 e. The number of carbonyl (C=O) groups is 2. The van der Waals surface area contributed by atoms with Crippen LogP contribution in [-0.2, 0) is 20.9 Å². The summed E-state index contributed by atoms with van der Waals surface area (Å²) in [6.07, 6.45) is 7.18. The average Bonchev–Trinajstić information content (AvgIpc) is 3.55. The van der Waals surface area contributed by atoms with Crippen LogP contribution in [0.3, 0.4) is 0 Å². The Kier molecular flexibility index (Phi) is 7.37. The number of amides is 2. The largest absolute Gasteiger partial charge is 0.376 e. The molecular weight excluding hydrogens is 442 g/mol. The van der Waals surface area contributed by atoms with Crippen molar-refractivity contribution in [3.05, 3.63) is 60.2 Å². The van der Waals surface area contributed by atoms with Crippen LogP contribution in [0, 0.1) is 0 Å². The van der Waals surface area contributed by atoms with E-state index in [0.717, 1.165) is 55.1 Å². The Hall–Kier alpha value is -3.26. The number of carbonyl (C=O) groups excluding carboxylic acids is 2. The number of nitrogens with zero attached hydrogens (tertiary/aromatic N) is 4. The van der Waals surface area contributed by atoms with Crippen LogP contribution in [0.5, 0.6) is 0 Å². The van der Waals surface area contributed by atoms with Crippen molar-refractivity contribution in [1.82, 2.24) is 25.2 Å². The van der Waals surface area contributed by atoms with Crippen LogP contribution in [0.25, 0.3) is 11.0 Å². The van der Waals surface area contributed by atoms with Crippen LogP contribution < -0.4 is 5.32 Å². The lowest BCUT2D eigenvalue weighted by Crippen LogP contribution is -2.49. The number of nitrogens with one attached hydrogen (secondary N) is 1. The minimum Gasteiger partial charge on any atom is -0.376 e. The fourth-order valence-corrected chi connectivity index (χ4v) is 5.25. The van der Waals surface area contributed by atoms with Crippen LogP contribution in [0.15, 0.2) is 54.6 Å². The Morgan fingerprint density at radius 1 is 1.00 bits per heavy atom. The van der Waals surface area contributed by atoms with Gasteiger partial charge < -0.3 is 15.0 Å². The van der Waals surface area contributed by atoms with Crippen LogP contribution in [0.1, 0.15) is 56.6 Å². The molecule has 5 rings (SSSR count). The molecule has 1 aromatic heterocycles. The molecule has 0 spiro atoms. The van der Waals surface area contributed by atoms with Crippen molar-refractivity contribution in [3.8, 4) is 0 Å². The molecule has 2 unspecified atom stereocenters. The molecule has 1 saturated heterocycles. The highest BCUT2D eigenvalue weighted by atomic mass is 16.5. The van der Waals surface area contributed by atoms with Gasteiger partial charge >= 0.3 is 0 Å². The maximum atomic E-state index is 13.9. The monoisotopic (exact) mass is 475 g/mol. The van der Waals surface area contributed by atoms with Crippen LogP contribution >= 0.6 is 0 Å². The summed E-state index contributed by atoms with van der Waals surface area (Å²) in [6.45, 7) is 1.06. The molecule has 2 aromatic carbocycles. The summed E-state index contributed by atoms with van der Waals surface area (Å²) >= 11 is 0. The zero-order valence-electron chi connectivity index (χ0n) is 20.0. The van der Waals surface area contributed by atoms with Crippen LogP contribution in [0.4, 0.5) is 0 Å². The highest BCUT2D eigenvalue weighted by Gasteiger charge is 2.35. The molecule has 1 N–H and O–H groups in total. The average molecular weight is 476 g/mol. The molecule has 1 aliphatic carbocycles. The molecule has 184 valence electrons. The first-order valence-electron chi connectivity index (χ1n) is 12.7. The Morgan fingerprint density at radius 2 is 1.77 bits per heavy atom. The van der Waals surface area contributed by atoms with Gasteiger partial charge in [0.25, 0.3) is 0 Å². The zero-order valence-corrected chi connectivity index (χ0v) is 20.0. The van der Waals surface area contributed by atoms with E-state index in [4.69, 9.17) is 4.74 Å². The summed E-state index contributed by atoms with van der Waals surface area (Å²) in [4.78, 5) is 29.3. The lowest BCUT2D eigenvalue weighted by atomic mass is 9.94. The first kappa shape index (κ1) is 23.5. The second-order valence-electron chi connectivity index (χ2n) is 9.57. The van der Waals surface area contributed by atoms with Crippen molar-refractivity contribution in [3.63, 3.8) is 0 Å². The standard InChI is InChI=1S/C27H33N5O3/c33-25(19-32-24-16-8-7-15-23(24)29-30-32)31(18-22-14-9-17-35-22)26(20-10-3-1-4-11-20)27(34)28-21-12-5-2-6-13-21/h1,3-4,7-8,10-11,15-16,21-22,26H,2,5-6,9,12-14,17-19H2,(H,28,34). The third kappa shape index (κ3) is 5.53. The van der Waals surface area contributed by atoms with Crippen molar-refractivity contribution >= 4 is 22.8 Å². The SMILES string of the molecule is O=C(NC1CCCCC1)C(c1ccccc1)N(CC1CCCO1)C(=O)Cn1nnc2ccccc21. The van der Waals surface area contributed by atoms with Gasteiger partial charge in [-0.25, -0.2) is 4.68 Å². The number of hydrogen-bond donors (Lipinski definition) is 1. The molecule has 0 radical (unpaired) electrons. The van der Waals surface area contributed by atoms with E-state index in [2.05, 4.69) is 15.6 Å². The third-order valence-corrected chi connectivity index (χ3v) is 7.08. The first-order valence-corrected chi connectivity index (χ1v) is 12.7. The number of para-hydroxylation sites is 1. The Bertz CT molecular complexity index is 1140. The van der Waals surface area contributed by atoms with Crippen molar-refractivity contribution in [2.24, 2.45) is 0 Å². The molecule has 2 fully saturated rings. The van der Waals surface area contributed by atoms with E-state index < -0.39 is 6.04 Å². The molecule has 0 bridgehead atoms. The molecule has 2 amide bonds. The molecule has 8 heteroatoms.